The van der Waals surface area contributed by atoms with Gasteiger partial charge in [0, 0.05) is 20.1 Å². The topological polar surface area (TPSA) is 53.0 Å². The summed E-state index contributed by atoms with van der Waals surface area (Å²) in [7, 11) is 5.03. The molecule has 2 rings (SSSR count). The van der Waals surface area contributed by atoms with Gasteiger partial charge in [-0.3, -0.25) is 9.69 Å². The first kappa shape index (κ1) is 18.7. The summed E-state index contributed by atoms with van der Waals surface area (Å²) < 4.78 is 18.6. The van der Waals surface area contributed by atoms with E-state index < -0.39 is 5.82 Å². The molecule has 0 aromatic heterocycles. The predicted octanol–water partition coefficient (Wildman–Crippen LogP) is 1.89. The molecule has 1 aliphatic rings. The summed E-state index contributed by atoms with van der Waals surface area (Å²) in [6, 6.07) is 4.71. The van der Waals surface area contributed by atoms with E-state index in [9.17, 15) is 14.3 Å². The fourth-order valence-corrected chi connectivity index (χ4v) is 3.22. The van der Waals surface area contributed by atoms with Gasteiger partial charge in [0.1, 0.15) is 0 Å². The Morgan fingerprint density at radius 1 is 1.38 bits per heavy atom. The zero-order valence-electron chi connectivity index (χ0n) is 14.7. The summed E-state index contributed by atoms with van der Waals surface area (Å²) in [5.74, 6) is -0.00391. The van der Waals surface area contributed by atoms with Gasteiger partial charge in [0.05, 0.1) is 19.8 Å². The average molecular weight is 338 g/mol. The van der Waals surface area contributed by atoms with Crippen LogP contribution in [-0.2, 0) is 11.3 Å². The lowest BCUT2D eigenvalue weighted by Gasteiger charge is -2.25. The summed E-state index contributed by atoms with van der Waals surface area (Å²) in [4.78, 5) is 15.9. The van der Waals surface area contributed by atoms with Crippen molar-refractivity contribution in [1.82, 2.24) is 9.80 Å². The van der Waals surface area contributed by atoms with Crippen LogP contribution in [0.2, 0.25) is 0 Å². The molecule has 6 heteroatoms. The largest absolute Gasteiger partial charge is 0.494 e. The van der Waals surface area contributed by atoms with Crippen LogP contribution in [-0.4, -0.2) is 61.2 Å². The molecule has 24 heavy (non-hydrogen) atoms. The van der Waals surface area contributed by atoms with Gasteiger partial charge in [0.15, 0.2) is 11.6 Å². The first-order valence-corrected chi connectivity index (χ1v) is 8.33. The van der Waals surface area contributed by atoms with E-state index in [1.807, 2.05) is 11.9 Å². The van der Waals surface area contributed by atoms with E-state index in [4.69, 9.17) is 4.74 Å². The molecule has 134 valence electrons. The molecule has 1 aromatic rings. The number of rotatable bonds is 7. The summed E-state index contributed by atoms with van der Waals surface area (Å²) in [5, 5.41) is 9.88. The first-order chi connectivity index (χ1) is 11.4. The number of halogens is 1. The number of carbonyl (C=O) groups excluding carboxylic acids is 1. The van der Waals surface area contributed by atoms with Gasteiger partial charge in [-0.05, 0) is 43.5 Å². The lowest BCUT2D eigenvalue weighted by atomic mass is 10.1. The maximum Gasteiger partial charge on any atom is 0.236 e. The number of ether oxygens (including phenoxy) is 1. The number of aliphatic hydroxyl groups is 1. The fraction of sp³-hybridized carbons (Fsp3) is 0.611. The normalized spacial score (nSPS) is 20.4. The van der Waals surface area contributed by atoms with Gasteiger partial charge in [-0.1, -0.05) is 12.5 Å². The number of carbonyl (C=O) groups is 1. The van der Waals surface area contributed by atoms with Crippen LogP contribution in [0.15, 0.2) is 18.2 Å². The monoisotopic (exact) mass is 338 g/mol. The molecule has 0 aliphatic heterocycles. The number of nitrogens with zero attached hydrogens (tertiary/aromatic N) is 2. The minimum Gasteiger partial charge on any atom is -0.494 e. The molecule has 0 spiro atoms. The minimum absolute atomic E-state index is 0.0267. The lowest BCUT2D eigenvalue weighted by Crippen LogP contribution is -2.39. The highest BCUT2D eigenvalue weighted by atomic mass is 19.1. The number of likely N-dealkylation sites (N-methyl/N-ethyl adjacent to an activating group) is 2. The van der Waals surface area contributed by atoms with Crippen LogP contribution in [0, 0.1) is 11.7 Å². The SMILES string of the molecule is COc1ccc(CN(C)C(=O)CN(C)CC2CCCC2O)cc1F. The first-order valence-electron chi connectivity index (χ1n) is 8.33. The summed E-state index contributed by atoms with van der Waals surface area (Å²) in [6.07, 6.45) is 2.68. The third kappa shape index (κ3) is 4.92. The third-order valence-electron chi connectivity index (χ3n) is 4.63. The fourth-order valence-electron chi connectivity index (χ4n) is 3.22. The zero-order chi connectivity index (χ0) is 17.7. The Labute approximate surface area is 143 Å². The quantitative estimate of drug-likeness (QED) is 0.825. The average Bonchev–Trinajstić information content (AvgIpc) is 2.92. The molecule has 1 amide bonds. The standard InChI is InChI=1S/C18H27FN2O3/c1-20(11-14-5-4-6-16(14)22)12-18(23)21(2)10-13-7-8-17(24-3)15(19)9-13/h7-9,14,16,22H,4-6,10-12H2,1-3H3. The van der Waals surface area contributed by atoms with Crippen molar-refractivity contribution in [2.24, 2.45) is 5.92 Å². The van der Waals surface area contributed by atoms with Crippen molar-refractivity contribution < 1.29 is 19.0 Å². The highest BCUT2D eigenvalue weighted by Gasteiger charge is 2.26. The second-order valence-corrected chi connectivity index (χ2v) is 6.67. The predicted molar refractivity (Wildman–Crippen MR) is 90.3 cm³/mol. The number of aliphatic hydroxyl groups excluding tert-OH is 1. The number of amides is 1. The molecule has 1 N–H and O–H groups in total. The van der Waals surface area contributed by atoms with Crippen molar-refractivity contribution in [1.29, 1.82) is 0 Å². The van der Waals surface area contributed by atoms with Crippen molar-refractivity contribution >= 4 is 5.91 Å². The van der Waals surface area contributed by atoms with Gasteiger partial charge in [-0.15, -0.1) is 0 Å². The highest BCUT2D eigenvalue weighted by molar-refractivity contribution is 5.77. The molecule has 0 bridgehead atoms. The van der Waals surface area contributed by atoms with Crippen molar-refractivity contribution in [2.75, 3.05) is 34.3 Å². The van der Waals surface area contributed by atoms with Crippen LogP contribution in [0.3, 0.4) is 0 Å². The van der Waals surface area contributed by atoms with Crippen LogP contribution in [0.5, 0.6) is 5.75 Å². The summed E-state index contributed by atoms with van der Waals surface area (Å²) >= 11 is 0. The van der Waals surface area contributed by atoms with Gasteiger partial charge in [0.2, 0.25) is 5.91 Å². The van der Waals surface area contributed by atoms with Gasteiger partial charge >= 0.3 is 0 Å². The number of hydrogen-bond acceptors (Lipinski definition) is 4. The second-order valence-electron chi connectivity index (χ2n) is 6.67. The number of benzene rings is 1. The molecule has 1 aromatic carbocycles. The van der Waals surface area contributed by atoms with Crippen LogP contribution < -0.4 is 4.74 Å². The molecule has 5 nitrogen and oxygen atoms in total. The van der Waals surface area contributed by atoms with Crippen LogP contribution >= 0.6 is 0 Å². The molecule has 0 heterocycles. The van der Waals surface area contributed by atoms with Crippen molar-refractivity contribution in [3.8, 4) is 5.75 Å². The van der Waals surface area contributed by atoms with E-state index in [0.717, 1.165) is 31.4 Å². The van der Waals surface area contributed by atoms with Crippen LogP contribution in [0.1, 0.15) is 24.8 Å². The van der Waals surface area contributed by atoms with Crippen LogP contribution in [0.25, 0.3) is 0 Å². The highest BCUT2D eigenvalue weighted by Crippen LogP contribution is 2.26. The van der Waals surface area contributed by atoms with E-state index in [0.29, 0.717) is 13.1 Å². The Bertz CT molecular complexity index is 567. The molecule has 1 saturated carbocycles. The zero-order valence-corrected chi connectivity index (χ0v) is 14.7. The maximum atomic E-state index is 13.7. The molecule has 1 fully saturated rings. The summed E-state index contributed by atoms with van der Waals surface area (Å²) in [5.41, 5.74) is 0.720. The Balaban J connectivity index is 1.84. The van der Waals surface area contributed by atoms with Gasteiger partial charge < -0.3 is 14.7 Å². The van der Waals surface area contributed by atoms with Gasteiger partial charge in [-0.25, -0.2) is 4.39 Å². The van der Waals surface area contributed by atoms with E-state index >= 15 is 0 Å². The van der Waals surface area contributed by atoms with Crippen molar-refractivity contribution in [3.05, 3.63) is 29.6 Å². The third-order valence-corrected chi connectivity index (χ3v) is 4.63. The van der Waals surface area contributed by atoms with E-state index in [1.165, 1.54) is 13.2 Å². The Hall–Kier alpha value is -1.66. The smallest absolute Gasteiger partial charge is 0.236 e. The van der Waals surface area contributed by atoms with E-state index in [-0.39, 0.29) is 23.7 Å². The minimum atomic E-state index is -0.428. The molecule has 0 saturated heterocycles. The van der Waals surface area contributed by atoms with E-state index in [2.05, 4.69) is 0 Å². The Morgan fingerprint density at radius 2 is 2.12 bits per heavy atom. The molecule has 2 unspecified atom stereocenters. The number of methoxy groups -OCH3 is 1. The Morgan fingerprint density at radius 3 is 2.71 bits per heavy atom. The second kappa shape index (κ2) is 8.44. The van der Waals surface area contributed by atoms with E-state index in [1.54, 1.807) is 24.1 Å². The molecular formula is C18H27FN2O3. The summed E-state index contributed by atoms with van der Waals surface area (Å²) in [6.45, 7) is 1.36. The van der Waals surface area contributed by atoms with Crippen LogP contribution in [0.4, 0.5) is 4.39 Å². The Kier molecular flexibility index (Phi) is 6.57. The molecule has 0 radical (unpaired) electrons. The number of hydrogen-bond donors (Lipinski definition) is 1. The van der Waals surface area contributed by atoms with Crippen molar-refractivity contribution in [3.63, 3.8) is 0 Å². The molecule has 1 aliphatic carbocycles. The molecule has 2 atom stereocenters. The van der Waals surface area contributed by atoms with Gasteiger partial charge in [0.25, 0.3) is 0 Å². The molecular weight excluding hydrogens is 311 g/mol. The maximum absolute atomic E-state index is 13.7. The van der Waals surface area contributed by atoms with Gasteiger partial charge in [-0.2, -0.15) is 0 Å². The van der Waals surface area contributed by atoms with Crippen molar-refractivity contribution in [2.45, 2.75) is 31.9 Å². The lowest BCUT2D eigenvalue weighted by molar-refractivity contribution is -0.131.